The summed E-state index contributed by atoms with van der Waals surface area (Å²) in [5.41, 5.74) is 1.03. The standard InChI is InChI=1S/C16H18FNOS2/c1-11(13-5-7-14(17)8-6-13)21-12(2)16(19)18-10-15-4-3-9-20-15/h3-9,11-12H,10H2,1-2H3,(H,18,19). The van der Waals surface area contributed by atoms with E-state index in [1.54, 1.807) is 35.2 Å². The average Bonchev–Trinajstić information content (AvgIpc) is 2.98. The second-order valence-electron chi connectivity index (χ2n) is 4.77. The smallest absolute Gasteiger partial charge is 0.233 e. The van der Waals surface area contributed by atoms with Crippen molar-refractivity contribution in [2.45, 2.75) is 30.9 Å². The summed E-state index contributed by atoms with van der Waals surface area (Å²) in [5.74, 6) is -0.208. The number of hydrogen-bond donors (Lipinski definition) is 1. The third-order valence-corrected chi connectivity index (χ3v) is 5.31. The lowest BCUT2D eigenvalue weighted by atomic mass is 10.2. The molecule has 0 aliphatic rings. The van der Waals surface area contributed by atoms with Gasteiger partial charge in [0.05, 0.1) is 11.8 Å². The Balaban J connectivity index is 1.83. The molecule has 21 heavy (non-hydrogen) atoms. The Morgan fingerprint density at radius 1 is 1.29 bits per heavy atom. The molecule has 2 unspecified atom stereocenters. The van der Waals surface area contributed by atoms with Crippen LogP contribution in [-0.2, 0) is 11.3 Å². The van der Waals surface area contributed by atoms with E-state index in [9.17, 15) is 9.18 Å². The molecule has 0 aliphatic heterocycles. The number of benzene rings is 1. The molecule has 2 atom stereocenters. The predicted octanol–water partition coefficient (Wildman–Crippen LogP) is 4.39. The van der Waals surface area contributed by atoms with Gasteiger partial charge in [-0.05, 0) is 43.0 Å². The van der Waals surface area contributed by atoms with Crippen molar-refractivity contribution in [2.75, 3.05) is 0 Å². The lowest BCUT2D eigenvalue weighted by Gasteiger charge is -2.17. The maximum Gasteiger partial charge on any atom is 0.233 e. The van der Waals surface area contributed by atoms with Gasteiger partial charge in [0, 0.05) is 10.1 Å². The summed E-state index contributed by atoms with van der Waals surface area (Å²) < 4.78 is 12.9. The van der Waals surface area contributed by atoms with Crippen LogP contribution < -0.4 is 5.32 Å². The van der Waals surface area contributed by atoms with Gasteiger partial charge >= 0.3 is 0 Å². The van der Waals surface area contributed by atoms with E-state index in [-0.39, 0.29) is 22.2 Å². The maximum atomic E-state index is 12.9. The number of hydrogen-bond acceptors (Lipinski definition) is 3. The summed E-state index contributed by atoms with van der Waals surface area (Å²) in [7, 11) is 0. The molecule has 1 heterocycles. The molecule has 0 aliphatic carbocycles. The van der Waals surface area contributed by atoms with Crippen molar-refractivity contribution in [2.24, 2.45) is 0 Å². The monoisotopic (exact) mass is 323 g/mol. The van der Waals surface area contributed by atoms with Crippen LogP contribution in [0.2, 0.25) is 0 Å². The van der Waals surface area contributed by atoms with Crippen molar-refractivity contribution < 1.29 is 9.18 Å². The Bertz CT molecular complexity index is 568. The summed E-state index contributed by atoms with van der Waals surface area (Å²) in [5, 5.41) is 4.94. The summed E-state index contributed by atoms with van der Waals surface area (Å²) in [6.45, 7) is 4.50. The average molecular weight is 323 g/mol. The summed E-state index contributed by atoms with van der Waals surface area (Å²) in [4.78, 5) is 13.2. The summed E-state index contributed by atoms with van der Waals surface area (Å²) in [6.07, 6.45) is 0. The zero-order valence-corrected chi connectivity index (χ0v) is 13.6. The van der Waals surface area contributed by atoms with Crippen molar-refractivity contribution in [1.29, 1.82) is 0 Å². The molecular formula is C16H18FNOS2. The molecule has 0 saturated carbocycles. The fraction of sp³-hybridized carbons (Fsp3) is 0.312. The molecule has 0 bridgehead atoms. The quantitative estimate of drug-likeness (QED) is 0.854. The third kappa shape index (κ3) is 4.86. The molecule has 0 radical (unpaired) electrons. The van der Waals surface area contributed by atoms with Crippen molar-refractivity contribution in [1.82, 2.24) is 5.32 Å². The molecule has 1 aromatic heterocycles. The van der Waals surface area contributed by atoms with Crippen LogP contribution in [0.4, 0.5) is 4.39 Å². The molecule has 2 aromatic rings. The highest BCUT2D eigenvalue weighted by Gasteiger charge is 2.17. The molecule has 2 rings (SSSR count). The van der Waals surface area contributed by atoms with E-state index < -0.39 is 0 Å². The minimum absolute atomic E-state index is 0.0300. The molecular weight excluding hydrogens is 305 g/mol. The fourth-order valence-electron chi connectivity index (χ4n) is 1.91. The van der Waals surface area contributed by atoms with Gasteiger partial charge < -0.3 is 5.32 Å². The normalized spacial score (nSPS) is 13.7. The van der Waals surface area contributed by atoms with E-state index in [4.69, 9.17) is 0 Å². The van der Waals surface area contributed by atoms with Crippen LogP contribution >= 0.6 is 23.1 Å². The number of rotatable bonds is 6. The van der Waals surface area contributed by atoms with E-state index in [0.717, 1.165) is 10.4 Å². The number of amides is 1. The van der Waals surface area contributed by atoms with Crippen LogP contribution in [0.15, 0.2) is 41.8 Å². The second-order valence-corrected chi connectivity index (χ2v) is 7.49. The number of nitrogens with one attached hydrogen (secondary N) is 1. The van der Waals surface area contributed by atoms with Crippen molar-refractivity contribution in [3.63, 3.8) is 0 Å². The van der Waals surface area contributed by atoms with Crippen LogP contribution in [0.5, 0.6) is 0 Å². The summed E-state index contributed by atoms with van der Waals surface area (Å²) in [6, 6.07) is 10.4. The lowest BCUT2D eigenvalue weighted by Crippen LogP contribution is -2.30. The lowest BCUT2D eigenvalue weighted by molar-refractivity contribution is -0.120. The summed E-state index contributed by atoms with van der Waals surface area (Å²) >= 11 is 3.20. The fourth-order valence-corrected chi connectivity index (χ4v) is 3.69. The van der Waals surface area contributed by atoms with Gasteiger partial charge in [0.2, 0.25) is 5.91 Å². The number of carbonyl (C=O) groups excluding carboxylic acids is 1. The van der Waals surface area contributed by atoms with Gasteiger partial charge in [0.15, 0.2) is 0 Å². The van der Waals surface area contributed by atoms with Crippen molar-refractivity contribution in [3.05, 3.63) is 58.0 Å². The molecule has 0 fully saturated rings. The molecule has 1 aromatic carbocycles. The largest absolute Gasteiger partial charge is 0.350 e. The van der Waals surface area contributed by atoms with Gasteiger partial charge in [-0.25, -0.2) is 4.39 Å². The minimum Gasteiger partial charge on any atom is -0.350 e. The Labute approximate surface area is 132 Å². The van der Waals surface area contributed by atoms with Crippen LogP contribution in [-0.4, -0.2) is 11.2 Å². The van der Waals surface area contributed by atoms with Gasteiger partial charge in [0.1, 0.15) is 5.82 Å². The number of thioether (sulfide) groups is 1. The third-order valence-electron chi connectivity index (χ3n) is 3.13. The first-order chi connectivity index (χ1) is 10.1. The number of halogens is 1. The first-order valence-electron chi connectivity index (χ1n) is 6.77. The SMILES string of the molecule is CC(SC(C)c1ccc(F)cc1)C(=O)NCc1cccs1. The molecule has 0 saturated heterocycles. The van der Waals surface area contributed by atoms with Gasteiger partial charge in [-0.3, -0.25) is 4.79 Å². The van der Waals surface area contributed by atoms with Gasteiger partial charge in [-0.2, -0.15) is 0 Å². The Kier molecular flexibility index (Phi) is 5.82. The zero-order chi connectivity index (χ0) is 15.2. The highest BCUT2D eigenvalue weighted by Crippen LogP contribution is 2.31. The van der Waals surface area contributed by atoms with Gasteiger partial charge in [0.25, 0.3) is 0 Å². The van der Waals surface area contributed by atoms with E-state index >= 15 is 0 Å². The van der Waals surface area contributed by atoms with Crippen molar-refractivity contribution >= 4 is 29.0 Å². The van der Waals surface area contributed by atoms with Gasteiger partial charge in [-0.15, -0.1) is 23.1 Å². The number of thiophene rings is 1. The molecule has 112 valence electrons. The molecule has 2 nitrogen and oxygen atoms in total. The Morgan fingerprint density at radius 3 is 2.62 bits per heavy atom. The molecule has 1 N–H and O–H groups in total. The molecule has 5 heteroatoms. The Hall–Kier alpha value is -1.33. The molecule has 0 spiro atoms. The van der Waals surface area contributed by atoms with Crippen LogP contribution in [0.25, 0.3) is 0 Å². The van der Waals surface area contributed by atoms with Crippen LogP contribution in [0, 0.1) is 5.82 Å². The van der Waals surface area contributed by atoms with E-state index in [1.165, 1.54) is 12.1 Å². The van der Waals surface area contributed by atoms with Gasteiger partial charge in [-0.1, -0.05) is 18.2 Å². The predicted molar refractivity (Wildman–Crippen MR) is 88.0 cm³/mol. The van der Waals surface area contributed by atoms with Crippen LogP contribution in [0.1, 0.15) is 29.5 Å². The Morgan fingerprint density at radius 2 is 2.00 bits per heavy atom. The topological polar surface area (TPSA) is 29.1 Å². The minimum atomic E-state index is -0.238. The molecule has 1 amide bonds. The zero-order valence-electron chi connectivity index (χ0n) is 12.0. The van der Waals surface area contributed by atoms with Crippen molar-refractivity contribution in [3.8, 4) is 0 Å². The first-order valence-corrected chi connectivity index (χ1v) is 8.59. The van der Waals surface area contributed by atoms with Crippen LogP contribution in [0.3, 0.4) is 0 Å². The maximum absolute atomic E-state index is 12.9. The first kappa shape index (κ1) is 16.0. The second kappa shape index (κ2) is 7.61. The van der Waals surface area contributed by atoms with E-state index in [0.29, 0.717) is 6.54 Å². The number of carbonyl (C=O) groups is 1. The van der Waals surface area contributed by atoms with E-state index in [1.807, 2.05) is 31.4 Å². The van der Waals surface area contributed by atoms with E-state index in [2.05, 4.69) is 5.32 Å². The highest BCUT2D eigenvalue weighted by molar-refractivity contribution is 8.00. The highest BCUT2D eigenvalue weighted by atomic mass is 32.2.